The smallest absolute Gasteiger partial charge is 0.333 e. The van der Waals surface area contributed by atoms with Crippen LogP contribution in [0.25, 0.3) is 0 Å². The fraction of sp³-hybridized carbons (Fsp3) is 0.423. The molecule has 2 fully saturated rings. The summed E-state index contributed by atoms with van der Waals surface area (Å²) in [6, 6.07) is 9.66. The number of halogens is 2. The molecule has 2 N–H and O–H groups in total. The summed E-state index contributed by atoms with van der Waals surface area (Å²) in [5.74, 6) is -2.43. The lowest BCUT2D eigenvalue weighted by Gasteiger charge is -2.24. The van der Waals surface area contributed by atoms with Gasteiger partial charge in [0.25, 0.3) is 0 Å². The highest BCUT2D eigenvalue weighted by atomic mass is 19.1. The molecular weight excluding hydrogens is 442 g/mol. The molecule has 2 aromatic carbocycles. The van der Waals surface area contributed by atoms with E-state index in [0.717, 1.165) is 43.9 Å². The Morgan fingerprint density at radius 1 is 0.941 bits per heavy atom. The second kappa shape index (κ2) is 10.3. The first-order valence-corrected chi connectivity index (χ1v) is 11.6. The number of carbonyl (C=O) groups is 3. The van der Waals surface area contributed by atoms with Gasteiger partial charge in [-0.15, -0.1) is 0 Å². The zero-order valence-corrected chi connectivity index (χ0v) is 18.9. The van der Waals surface area contributed by atoms with Crippen LogP contribution in [-0.2, 0) is 25.5 Å². The number of ether oxygens (including phenoxy) is 1. The van der Waals surface area contributed by atoms with Crippen molar-refractivity contribution in [1.82, 2.24) is 10.6 Å². The summed E-state index contributed by atoms with van der Waals surface area (Å²) in [6.45, 7) is 1.48. The molecule has 0 aliphatic heterocycles. The highest BCUT2D eigenvalue weighted by Crippen LogP contribution is 2.46. The minimum Gasteiger partial charge on any atom is -0.460 e. The van der Waals surface area contributed by atoms with E-state index in [0.29, 0.717) is 17.4 Å². The minimum atomic E-state index is -1.01. The van der Waals surface area contributed by atoms with E-state index in [1.165, 1.54) is 6.92 Å². The number of hydrogen-bond donors (Lipinski definition) is 2. The Hall–Kier alpha value is -3.29. The molecule has 6 nitrogen and oxygen atoms in total. The number of carbonyl (C=O) groups excluding carboxylic acids is 3. The molecule has 0 heterocycles. The molecule has 2 aliphatic carbocycles. The maximum atomic E-state index is 13.4. The lowest BCUT2D eigenvalue weighted by atomic mass is 10.1. The number of esters is 1. The Morgan fingerprint density at radius 3 is 2.09 bits per heavy atom. The third-order valence-electron chi connectivity index (χ3n) is 6.14. The van der Waals surface area contributed by atoms with Crippen LogP contribution in [0.2, 0.25) is 0 Å². The lowest BCUT2D eigenvalue weighted by Crippen LogP contribution is -2.48. The van der Waals surface area contributed by atoms with Gasteiger partial charge in [0.1, 0.15) is 23.8 Å². The highest BCUT2D eigenvalue weighted by molar-refractivity contribution is 5.91. The first kappa shape index (κ1) is 23.9. The lowest BCUT2D eigenvalue weighted by molar-refractivity contribution is -0.155. The molecule has 2 saturated carbocycles. The summed E-state index contributed by atoms with van der Waals surface area (Å²) in [5, 5.41) is 5.21. The second-order valence-electron chi connectivity index (χ2n) is 9.17. The summed E-state index contributed by atoms with van der Waals surface area (Å²) in [4.78, 5) is 38.3. The second-order valence-corrected chi connectivity index (χ2v) is 9.17. The van der Waals surface area contributed by atoms with E-state index in [9.17, 15) is 23.2 Å². The number of amides is 2. The van der Waals surface area contributed by atoms with Crippen LogP contribution in [0.15, 0.2) is 48.5 Å². The van der Waals surface area contributed by atoms with Crippen molar-refractivity contribution in [2.24, 2.45) is 11.8 Å². The van der Waals surface area contributed by atoms with Gasteiger partial charge in [-0.05, 0) is 67.7 Å². The molecule has 8 heteroatoms. The molecule has 180 valence electrons. The van der Waals surface area contributed by atoms with Crippen LogP contribution in [-0.4, -0.2) is 29.9 Å². The van der Waals surface area contributed by atoms with Gasteiger partial charge in [0.15, 0.2) is 6.04 Å². The maximum absolute atomic E-state index is 13.4. The summed E-state index contributed by atoms with van der Waals surface area (Å²) in [7, 11) is 0. The van der Waals surface area contributed by atoms with Gasteiger partial charge in [-0.25, -0.2) is 13.6 Å². The molecule has 0 spiro atoms. The van der Waals surface area contributed by atoms with Crippen molar-refractivity contribution < 1.29 is 27.9 Å². The van der Waals surface area contributed by atoms with E-state index in [4.69, 9.17) is 4.74 Å². The molecule has 2 amide bonds. The first-order chi connectivity index (χ1) is 16.3. The Labute approximate surface area is 197 Å². The highest BCUT2D eigenvalue weighted by Gasteiger charge is 2.45. The quantitative estimate of drug-likeness (QED) is 0.520. The van der Waals surface area contributed by atoms with Crippen molar-refractivity contribution in [1.29, 1.82) is 0 Å². The van der Waals surface area contributed by atoms with Gasteiger partial charge in [0.2, 0.25) is 11.8 Å². The van der Waals surface area contributed by atoms with Gasteiger partial charge in [-0.2, -0.15) is 0 Å². The van der Waals surface area contributed by atoms with Crippen LogP contribution in [0.5, 0.6) is 0 Å². The third kappa shape index (κ3) is 6.40. The Balaban J connectivity index is 1.39. The molecule has 0 bridgehead atoms. The van der Waals surface area contributed by atoms with Gasteiger partial charge >= 0.3 is 5.97 Å². The van der Waals surface area contributed by atoms with Crippen LogP contribution >= 0.6 is 0 Å². The van der Waals surface area contributed by atoms with Crippen molar-refractivity contribution in [2.75, 3.05) is 0 Å². The number of benzene rings is 2. The monoisotopic (exact) mass is 470 g/mol. The summed E-state index contributed by atoms with van der Waals surface area (Å²) in [6.07, 6.45) is 3.80. The zero-order valence-electron chi connectivity index (χ0n) is 18.9. The van der Waals surface area contributed by atoms with Crippen molar-refractivity contribution >= 4 is 17.8 Å². The molecule has 2 aromatic rings. The number of hydrogen-bond acceptors (Lipinski definition) is 4. The fourth-order valence-electron chi connectivity index (χ4n) is 4.08. The Morgan fingerprint density at radius 2 is 1.53 bits per heavy atom. The third-order valence-corrected chi connectivity index (χ3v) is 6.14. The maximum Gasteiger partial charge on any atom is 0.333 e. The molecule has 34 heavy (non-hydrogen) atoms. The van der Waals surface area contributed by atoms with Gasteiger partial charge in [-0.1, -0.05) is 30.3 Å². The van der Waals surface area contributed by atoms with Crippen LogP contribution < -0.4 is 10.6 Å². The predicted octanol–water partition coefficient (Wildman–Crippen LogP) is 3.60. The van der Waals surface area contributed by atoms with Crippen LogP contribution in [0.3, 0.4) is 0 Å². The van der Waals surface area contributed by atoms with Crippen molar-refractivity contribution in [2.45, 2.75) is 57.2 Å². The van der Waals surface area contributed by atoms with Crippen molar-refractivity contribution in [3.63, 3.8) is 0 Å². The normalized spacial score (nSPS) is 17.1. The molecule has 0 aromatic heterocycles. The molecular formula is C26H28F2N2O4. The molecule has 2 aliphatic rings. The predicted molar refractivity (Wildman–Crippen MR) is 120 cm³/mol. The van der Waals surface area contributed by atoms with E-state index in [1.807, 2.05) is 6.07 Å². The first-order valence-electron chi connectivity index (χ1n) is 11.6. The SMILES string of the molecule is C[C@H](NC(=O)Cc1cc(F)cc(F)c1)C(=O)N[C@H](C(=O)OC(C1CC1)C1CC1)c1ccccc1. The zero-order chi connectivity index (χ0) is 24.2. The molecule has 0 saturated heterocycles. The molecule has 0 unspecified atom stereocenters. The van der Waals surface area contributed by atoms with Crippen molar-refractivity contribution in [3.05, 3.63) is 71.3 Å². The van der Waals surface area contributed by atoms with Gasteiger partial charge in [0.05, 0.1) is 6.42 Å². The van der Waals surface area contributed by atoms with Gasteiger partial charge in [0, 0.05) is 6.07 Å². The van der Waals surface area contributed by atoms with Gasteiger partial charge < -0.3 is 15.4 Å². The average molecular weight is 471 g/mol. The van der Waals surface area contributed by atoms with Crippen molar-refractivity contribution in [3.8, 4) is 0 Å². The van der Waals surface area contributed by atoms with E-state index in [1.54, 1.807) is 24.3 Å². The Kier molecular flexibility index (Phi) is 7.24. The van der Waals surface area contributed by atoms with Crippen LogP contribution in [0, 0.1) is 23.5 Å². The fourth-order valence-corrected chi connectivity index (χ4v) is 4.08. The van der Waals surface area contributed by atoms with E-state index in [2.05, 4.69) is 10.6 Å². The molecule has 2 atom stereocenters. The summed E-state index contributed by atoms with van der Waals surface area (Å²) < 4.78 is 32.6. The summed E-state index contributed by atoms with van der Waals surface area (Å²) in [5.41, 5.74) is 0.736. The van der Waals surface area contributed by atoms with E-state index >= 15 is 0 Å². The van der Waals surface area contributed by atoms with E-state index in [-0.39, 0.29) is 18.1 Å². The number of rotatable bonds is 10. The standard InChI is InChI=1S/C26H28F2N2O4/c1-15(29-22(31)13-16-11-20(27)14-21(28)12-16)25(32)30-23(17-5-3-2-4-6-17)26(33)34-24(18-7-8-18)19-9-10-19/h2-6,11-12,14-15,18-19,23-24H,7-10,13H2,1H3,(H,29,31)(H,30,32)/t15-,23-/m0/s1. The topological polar surface area (TPSA) is 84.5 Å². The average Bonchev–Trinajstić information content (AvgIpc) is 3.69. The minimum absolute atomic E-state index is 0.112. The largest absolute Gasteiger partial charge is 0.460 e. The van der Waals surface area contributed by atoms with Crippen LogP contribution in [0.4, 0.5) is 8.78 Å². The molecule has 0 radical (unpaired) electrons. The van der Waals surface area contributed by atoms with E-state index < -0.39 is 41.5 Å². The number of nitrogens with one attached hydrogen (secondary N) is 2. The van der Waals surface area contributed by atoms with Gasteiger partial charge in [-0.3, -0.25) is 9.59 Å². The van der Waals surface area contributed by atoms with Crippen LogP contribution in [0.1, 0.15) is 49.8 Å². The summed E-state index contributed by atoms with van der Waals surface area (Å²) >= 11 is 0. The molecule has 4 rings (SSSR count). The Bertz CT molecular complexity index is 1020.